The van der Waals surface area contributed by atoms with Gasteiger partial charge in [0.2, 0.25) is 5.91 Å². The highest BCUT2D eigenvalue weighted by Gasteiger charge is 2.31. The Morgan fingerprint density at radius 3 is 2.83 bits per heavy atom. The maximum Gasteiger partial charge on any atom is 0.325 e. The number of rotatable bonds is 4. The number of carbonyl (C=O) groups excluding carboxylic acids is 2. The van der Waals surface area contributed by atoms with Crippen molar-refractivity contribution in [2.45, 2.75) is 6.92 Å². The topological polar surface area (TPSA) is 84.0 Å². The number of aromatic nitrogens is 1. The van der Waals surface area contributed by atoms with Crippen LogP contribution in [0.5, 0.6) is 11.5 Å². The summed E-state index contributed by atoms with van der Waals surface area (Å²) in [6.45, 7) is 3.96. The second-order valence-corrected chi connectivity index (χ2v) is 8.20. The van der Waals surface area contributed by atoms with Gasteiger partial charge in [0, 0.05) is 24.8 Å². The molecule has 1 saturated heterocycles. The molecule has 0 unspecified atom stereocenters. The Bertz CT molecular complexity index is 1150. The number of aryl methyl sites for hydroxylation is 1. The predicted octanol–water partition coefficient (Wildman–Crippen LogP) is 3.26. The van der Waals surface area contributed by atoms with Crippen LogP contribution in [0.15, 0.2) is 36.4 Å². The molecule has 3 heterocycles. The molecule has 0 spiro atoms. The van der Waals surface area contributed by atoms with Gasteiger partial charge in [0.1, 0.15) is 19.8 Å². The third-order valence-corrected chi connectivity index (χ3v) is 6.07. The van der Waals surface area contributed by atoms with E-state index in [0.717, 1.165) is 21.5 Å². The third kappa shape index (κ3) is 3.41. The number of amides is 3. The van der Waals surface area contributed by atoms with E-state index in [1.54, 1.807) is 11.0 Å². The van der Waals surface area contributed by atoms with Gasteiger partial charge in [-0.25, -0.2) is 9.78 Å². The lowest BCUT2D eigenvalue weighted by atomic mass is 10.2. The average Bonchev–Trinajstić information content (AvgIpc) is 3.32. The van der Waals surface area contributed by atoms with Gasteiger partial charge in [-0.15, -0.1) is 0 Å². The zero-order valence-corrected chi connectivity index (χ0v) is 17.2. The summed E-state index contributed by atoms with van der Waals surface area (Å²) < 4.78 is 12.2. The van der Waals surface area contributed by atoms with E-state index in [0.29, 0.717) is 42.9 Å². The van der Waals surface area contributed by atoms with Gasteiger partial charge in [-0.05, 0) is 30.7 Å². The molecule has 0 bridgehead atoms. The molecule has 1 N–H and O–H groups in total. The molecule has 9 heteroatoms. The Morgan fingerprint density at radius 1 is 1.17 bits per heavy atom. The SMILES string of the molecule is Cc1cccc2sc(NC(=O)CN3CCN(c4ccc5c(c4)OCCO5)C3=O)nc12. The van der Waals surface area contributed by atoms with Crippen LogP contribution in [0.2, 0.25) is 0 Å². The molecule has 0 atom stereocenters. The summed E-state index contributed by atoms with van der Waals surface area (Å²) in [7, 11) is 0. The minimum Gasteiger partial charge on any atom is -0.486 e. The molecule has 1 aromatic heterocycles. The van der Waals surface area contributed by atoms with Crippen molar-refractivity contribution in [1.82, 2.24) is 9.88 Å². The smallest absolute Gasteiger partial charge is 0.325 e. The molecule has 30 heavy (non-hydrogen) atoms. The lowest BCUT2D eigenvalue weighted by Crippen LogP contribution is -2.37. The van der Waals surface area contributed by atoms with Crippen molar-refractivity contribution in [2.75, 3.05) is 43.1 Å². The number of nitrogens with zero attached hydrogens (tertiary/aromatic N) is 3. The van der Waals surface area contributed by atoms with E-state index in [1.165, 1.54) is 16.2 Å². The van der Waals surface area contributed by atoms with Crippen molar-refractivity contribution in [3.8, 4) is 11.5 Å². The van der Waals surface area contributed by atoms with E-state index >= 15 is 0 Å². The first-order chi connectivity index (χ1) is 14.6. The number of para-hydroxylation sites is 1. The minimum absolute atomic E-state index is 0.0191. The van der Waals surface area contributed by atoms with Crippen LogP contribution in [-0.4, -0.2) is 54.7 Å². The van der Waals surface area contributed by atoms with Crippen LogP contribution in [-0.2, 0) is 4.79 Å². The number of thiazole rings is 1. The zero-order valence-electron chi connectivity index (χ0n) is 16.4. The first-order valence-corrected chi connectivity index (χ1v) is 10.5. The van der Waals surface area contributed by atoms with Crippen LogP contribution >= 0.6 is 11.3 Å². The monoisotopic (exact) mass is 424 g/mol. The number of hydrogen-bond donors (Lipinski definition) is 1. The first-order valence-electron chi connectivity index (χ1n) is 9.70. The zero-order chi connectivity index (χ0) is 20.7. The fourth-order valence-corrected chi connectivity index (χ4v) is 4.60. The van der Waals surface area contributed by atoms with Crippen molar-refractivity contribution < 1.29 is 19.1 Å². The molecule has 2 aromatic carbocycles. The third-order valence-electron chi connectivity index (χ3n) is 5.13. The van der Waals surface area contributed by atoms with Gasteiger partial charge in [-0.3, -0.25) is 9.69 Å². The molecule has 0 saturated carbocycles. The highest BCUT2D eigenvalue weighted by atomic mass is 32.1. The fraction of sp³-hybridized carbons (Fsp3) is 0.286. The lowest BCUT2D eigenvalue weighted by molar-refractivity contribution is -0.116. The Kier molecular flexibility index (Phi) is 4.66. The molecule has 3 amide bonds. The normalized spacial score (nSPS) is 15.7. The van der Waals surface area contributed by atoms with Crippen LogP contribution in [0.3, 0.4) is 0 Å². The van der Waals surface area contributed by atoms with Crippen LogP contribution in [0, 0.1) is 6.92 Å². The van der Waals surface area contributed by atoms with Gasteiger partial charge in [-0.1, -0.05) is 23.5 Å². The fourth-order valence-electron chi connectivity index (χ4n) is 3.64. The van der Waals surface area contributed by atoms with Gasteiger partial charge in [-0.2, -0.15) is 0 Å². The number of hydrogen-bond acceptors (Lipinski definition) is 6. The predicted molar refractivity (Wildman–Crippen MR) is 115 cm³/mol. The second kappa shape index (κ2) is 7.49. The first kappa shape index (κ1) is 18.7. The highest BCUT2D eigenvalue weighted by Crippen LogP contribution is 2.35. The Labute approximate surface area is 177 Å². The number of ether oxygens (including phenoxy) is 2. The molecule has 8 nitrogen and oxygen atoms in total. The van der Waals surface area contributed by atoms with Crippen LogP contribution < -0.4 is 19.7 Å². The number of nitrogens with one attached hydrogen (secondary N) is 1. The van der Waals surface area contributed by atoms with E-state index in [2.05, 4.69) is 10.3 Å². The largest absolute Gasteiger partial charge is 0.486 e. The van der Waals surface area contributed by atoms with Crippen molar-refractivity contribution >= 4 is 44.3 Å². The summed E-state index contributed by atoms with van der Waals surface area (Å²) in [5.41, 5.74) is 2.68. The number of anilines is 2. The number of fused-ring (bicyclic) bond motifs is 2. The number of benzene rings is 2. The van der Waals surface area contributed by atoms with Crippen molar-refractivity contribution in [1.29, 1.82) is 0 Å². The van der Waals surface area contributed by atoms with Gasteiger partial charge in [0.15, 0.2) is 16.6 Å². The molecule has 5 rings (SSSR count). The molecular weight excluding hydrogens is 404 g/mol. The van der Waals surface area contributed by atoms with Gasteiger partial charge in [0.05, 0.1) is 10.2 Å². The summed E-state index contributed by atoms with van der Waals surface area (Å²) in [4.78, 5) is 33.0. The quantitative estimate of drug-likeness (QED) is 0.695. The van der Waals surface area contributed by atoms with Crippen molar-refractivity contribution in [2.24, 2.45) is 0 Å². The van der Waals surface area contributed by atoms with Gasteiger partial charge < -0.3 is 19.7 Å². The van der Waals surface area contributed by atoms with Crippen molar-refractivity contribution in [3.05, 3.63) is 42.0 Å². The second-order valence-electron chi connectivity index (χ2n) is 7.17. The van der Waals surface area contributed by atoms with Crippen LogP contribution in [0.25, 0.3) is 10.2 Å². The summed E-state index contributed by atoms with van der Waals surface area (Å²) in [5, 5.41) is 3.36. The summed E-state index contributed by atoms with van der Waals surface area (Å²) in [5.74, 6) is 1.05. The van der Waals surface area contributed by atoms with Gasteiger partial charge >= 0.3 is 6.03 Å². The molecule has 0 aliphatic carbocycles. The Balaban J connectivity index is 1.25. The minimum atomic E-state index is -0.260. The molecule has 0 radical (unpaired) electrons. The number of carbonyl (C=O) groups is 2. The van der Waals surface area contributed by atoms with Crippen LogP contribution in [0.4, 0.5) is 15.6 Å². The van der Waals surface area contributed by atoms with Gasteiger partial charge in [0.25, 0.3) is 0 Å². The lowest BCUT2D eigenvalue weighted by Gasteiger charge is -2.22. The van der Waals surface area contributed by atoms with E-state index in [1.807, 2.05) is 37.3 Å². The average molecular weight is 424 g/mol. The van der Waals surface area contributed by atoms with E-state index in [9.17, 15) is 9.59 Å². The van der Waals surface area contributed by atoms with Crippen LogP contribution in [0.1, 0.15) is 5.56 Å². The van der Waals surface area contributed by atoms with E-state index < -0.39 is 0 Å². The summed E-state index contributed by atoms with van der Waals surface area (Å²) >= 11 is 1.43. The maximum atomic E-state index is 12.8. The highest BCUT2D eigenvalue weighted by molar-refractivity contribution is 7.22. The maximum absolute atomic E-state index is 12.8. The molecule has 1 fully saturated rings. The molecule has 154 valence electrons. The van der Waals surface area contributed by atoms with E-state index in [-0.39, 0.29) is 18.5 Å². The molecule has 3 aromatic rings. The Hall–Kier alpha value is -3.33. The standard InChI is InChI=1S/C21H20N4O4S/c1-13-3-2-4-17-19(13)23-20(30-17)22-18(26)12-24-7-8-25(21(24)27)14-5-6-15-16(11-14)29-10-9-28-15/h2-6,11H,7-10,12H2,1H3,(H,22,23,26). The molecular formula is C21H20N4O4S. The van der Waals surface area contributed by atoms with E-state index in [4.69, 9.17) is 9.47 Å². The summed E-state index contributed by atoms with van der Waals surface area (Å²) in [6.07, 6.45) is 0. The number of urea groups is 1. The van der Waals surface area contributed by atoms with Crippen molar-refractivity contribution in [3.63, 3.8) is 0 Å². The Morgan fingerprint density at radius 2 is 2.00 bits per heavy atom. The molecule has 2 aliphatic rings. The summed E-state index contributed by atoms with van der Waals surface area (Å²) in [6, 6.07) is 11.2. The molecule has 2 aliphatic heterocycles.